The number of carbonyl (C=O) groups is 1. The fourth-order valence-electron chi connectivity index (χ4n) is 1.81. The van der Waals surface area contributed by atoms with Crippen molar-refractivity contribution in [2.45, 2.75) is 0 Å². The van der Waals surface area contributed by atoms with Crippen LogP contribution in [0.3, 0.4) is 0 Å². The maximum absolute atomic E-state index is 12.1. The Labute approximate surface area is 106 Å². The molecular formula is C14H15NO3. The highest BCUT2D eigenvalue weighted by Gasteiger charge is 2.17. The molecule has 1 amide bonds. The summed E-state index contributed by atoms with van der Waals surface area (Å²) in [4.78, 5) is 17.0. The molecule has 2 aromatic rings. The molecule has 0 saturated carbocycles. The molecule has 2 rings (SSSR count). The van der Waals surface area contributed by atoms with Crippen molar-refractivity contribution < 1.29 is 14.4 Å². The molecule has 0 aromatic heterocycles. The van der Waals surface area contributed by atoms with E-state index in [1.54, 1.807) is 14.2 Å². The molecule has 0 spiro atoms. The first-order chi connectivity index (χ1) is 8.67. The van der Waals surface area contributed by atoms with E-state index < -0.39 is 0 Å². The highest BCUT2D eigenvalue weighted by atomic mass is 16.7. The van der Waals surface area contributed by atoms with Gasteiger partial charge in [0.15, 0.2) is 0 Å². The highest BCUT2D eigenvalue weighted by Crippen LogP contribution is 2.26. The van der Waals surface area contributed by atoms with Gasteiger partial charge in [-0.2, -0.15) is 0 Å². The van der Waals surface area contributed by atoms with Gasteiger partial charge in [-0.15, -0.1) is 0 Å². The first-order valence-corrected chi connectivity index (χ1v) is 5.56. The molecule has 0 N–H and O–H groups in total. The number of rotatable bonds is 3. The van der Waals surface area contributed by atoms with Crippen molar-refractivity contribution >= 4 is 16.7 Å². The van der Waals surface area contributed by atoms with E-state index in [0.717, 1.165) is 10.8 Å². The average Bonchev–Trinajstić information content (AvgIpc) is 2.44. The van der Waals surface area contributed by atoms with Crippen LogP contribution in [0.15, 0.2) is 36.4 Å². The summed E-state index contributed by atoms with van der Waals surface area (Å²) in [7, 11) is 4.57. The quantitative estimate of drug-likeness (QED) is 0.780. The third-order valence-electron chi connectivity index (χ3n) is 2.86. The second kappa shape index (κ2) is 5.06. The topological polar surface area (TPSA) is 38.8 Å². The van der Waals surface area contributed by atoms with Gasteiger partial charge in [-0.05, 0) is 22.9 Å². The summed E-state index contributed by atoms with van der Waals surface area (Å²) in [5.41, 5.74) is 0.487. The van der Waals surface area contributed by atoms with Gasteiger partial charge in [-0.3, -0.25) is 9.63 Å². The Morgan fingerprint density at radius 3 is 2.28 bits per heavy atom. The minimum atomic E-state index is -0.236. The molecule has 0 bridgehead atoms. The van der Waals surface area contributed by atoms with Crippen LogP contribution in [0.25, 0.3) is 10.8 Å². The van der Waals surface area contributed by atoms with Crippen molar-refractivity contribution in [3.8, 4) is 5.75 Å². The second-order valence-corrected chi connectivity index (χ2v) is 3.88. The average molecular weight is 245 g/mol. The van der Waals surface area contributed by atoms with Crippen LogP contribution in [0.1, 0.15) is 10.4 Å². The van der Waals surface area contributed by atoms with E-state index in [1.807, 2.05) is 36.4 Å². The van der Waals surface area contributed by atoms with Gasteiger partial charge in [0.1, 0.15) is 5.75 Å². The molecule has 18 heavy (non-hydrogen) atoms. The third kappa shape index (κ3) is 2.15. The molecule has 0 fully saturated rings. The molecule has 4 nitrogen and oxygen atoms in total. The van der Waals surface area contributed by atoms with Gasteiger partial charge in [0.25, 0.3) is 5.91 Å². The smallest absolute Gasteiger partial charge is 0.280 e. The Morgan fingerprint density at radius 1 is 1.11 bits per heavy atom. The summed E-state index contributed by atoms with van der Waals surface area (Å²) in [6.07, 6.45) is 0. The van der Waals surface area contributed by atoms with Gasteiger partial charge in [0.05, 0.1) is 19.8 Å². The van der Waals surface area contributed by atoms with Crippen LogP contribution in [0.4, 0.5) is 0 Å². The zero-order valence-electron chi connectivity index (χ0n) is 10.6. The second-order valence-electron chi connectivity index (χ2n) is 3.88. The van der Waals surface area contributed by atoms with Crippen LogP contribution >= 0.6 is 0 Å². The molecule has 0 aliphatic rings. The predicted octanol–water partition coefficient (Wildman–Crippen LogP) is 2.48. The van der Waals surface area contributed by atoms with Gasteiger partial charge < -0.3 is 4.74 Å². The van der Waals surface area contributed by atoms with Crippen LogP contribution in [-0.2, 0) is 4.84 Å². The number of fused-ring (bicyclic) bond motifs is 1. The number of hydroxylamine groups is 2. The summed E-state index contributed by atoms with van der Waals surface area (Å²) in [5, 5.41) is 3.20. The van der Waals surface area contributed by atoms with Crippen molar-refractivity contribution in [2.24, 2.45) is 0 Å². The molecule has 0 atom stereocenters. The Bertz CT molecular complexity index is 580. The van der Waals surface area contributed by atoms with Crippen molar-refractivity contribution in [1.82, 2.24) is 5.06 Å². The highest BCUT2D eigenvalue weighted by molar-refractivity contribution is 6.01. The lowest BCUT2D eigenvalue weighted by atomic mass is 10.1. The predicted molar refractivity (Wildman–Crippen MR) is 69.6 cm³/mol. The lowest BCUT2D eigenvalue weighted by Gasteiger charge is -2.16. The van der Waals surface area contributed by atoms with E-state index in [1.165, 1.54) is 12.2 Å². The van der Waals surface area contributed by atoms with Gasteiger partial charge in [-0.25, -0.2) is 5.06 Å². The molecule has 0 saturated heterocycles. The number of hydrogen-bond acceptors (Lipinski definition) is 3. The van der Waals surface area contributed by atoms with Crippen LogP contribution in [-0.4, -0.2) is 32.2 Å². The number of ether oxygens (including phenoxy) is 1. The number of nitrogens with zero attached hydrogens (tertiary/aromatic N) is 1. The first-order valence-electron chi connectivity index (χ1n) is 5.56. The molecule has 94 valence electrons. The van der Waals surface area contributed by atoms with Gasteiger partial charge in [0.2, 0.25) is 0 Å². The van der Waals surface area contributed by atoms with Crippen molar-refractivity contribution in [2.75, 3.05) is 21.3 Å². The minimum Gasteiger partial charge on any atom is -0.496 e. The van der Waals surface area contributed by atoms with Crippen LogP contribution < -0.4 is 4.74 Å². The van der Waals surface area contributed by atoms with Crippen LogP contribution in [0, 0.1) is 0 Å². The fraction of sp³-hybridized carbons (Fsp3) is 0.214. The largest absolute Gasteiger partial charge is 0.496 e. The van der Waals surface area contributed by atoms with Crippen molar-refractivity contribution in [3.05, 3.63) is 42.0 Å². The maximum Gasteiger partial charge on any atom is 0.280 e. The minimum absolute atomic E-state index is 0.236. The van der Waals surface area contributed by atoms with E-state index >= 15 is 0 Å². The molecule has 0 unspecified atom stereocenters. The molecule has 0 radical (unpaired) electrons. The molecule has 0 aliphatic carbocycles. The zero-order chi connectivity index (χ0) is 13.1. The lowest BCUT2D eigenvalue weighted by molar-refractivity contribution is -0.0758. The maximum atomic E-state index is 12.1. The number of carbonyl (C=O) groups excluding carboxylic acids is 1. The zero-order valence-corrected chi connectivity index (χ0v) is 10.6. The number of benzene rings is 2. The molecule has 4 heteroatoms. The monoisotopic (exact) mass is 245 g/mol. The molecular weight excluding hydrogens is 230 g/mol. The molecule has 2 aromatic carbocycles. The number of amides is 1. The Morgan fingerprint density at radius 2 is 1.72 bits per heavy atom. The third-order valence-corrected chi connectivity index (χ3v) is 2.86. The van der Waals surface area contributed by atoms with Crippen LogP contribution in [0.5, 0.6) is 5.75 Å². The van der Waals surface area contributed by atoms with Crippen molar-refractivity contribution in [1.29, 1.82) is 0 Å². The Hall–Kier alpha value is -2.07. The van der Waals surface area contributed by atoms with E-state index in [-0.39, 0.29) is 5.91 Å². The van der Waals surface area contributed by atoms with E-state index in [9.17, 15) is 4.79 Å². The first kappa shape index (κ1) is 12.4. The summed E-state index contributed by atoms with van der Waals surface area (Å²) in [6.45, 7) is 0. The van der Waals surface area contributed by atoms with E-state index in [2.05, 4.69) is 0 Å². The van der Waals surface area contributed by atoms with Gasteiger partial charge in [-0.1, -0.05) is 24.3 Å². The normalized spacial score (nSPS) is 10.4. The van der Waals surface area contributed by atoms with Crippen LogP contribution in [0.2, 0.25) is 0 Å². The standard InChI is InChI=1S/C14H15NO3/c1-15(18-3)14(16)12-8-10-6-4-5-7-11(10)9-13(12)17-2/h4-9H,1-3H3. The SMILES string of the molecule is COc1cc2ccccc2cc1C(=O)N(C)OC. The van der Waals surface area contributed by atoms with Gasteiger partial charge in [0, 0.05) is 7.05 Å². The molecule has 0 aliphatic heterocycles. The number of hydrogen-bond donors (Lipinski definition) is 0. The summed E-state index contributed by atoms with van der Waals surface area (Å²) in [6, 6.07) is 11.5. The summed E-state index contributed by atoms with van der Waals surface area (Å²) >= 11 is 0. The Balaban J connectivity index is 2.58. The summed E-state index contributed by atoms with van der Waals surface area (Å²) < 4.78 is 5.27. The molecule has 0 heterocycles. The van der Waals surface area contributed by atoms with E-state index in [4.69, 9.17) is 9.57 Å². The van der Waals surface area contributed by atoms with E-state index in [0.29, 0.717) is 11.3 Å². The Kier molecular flexibility index (Phi) is 3.48. The fourth-order valence-corrected chi connectivity index (χ4v) is 1.81. The lowest BCUT2D eigenvalue weighted by Crippen LogP contribution is -2.25. The van der Waals surface area contributed by atoms with Gasteiger partial charge >= 0.3 is 0 Å². The van der Waals surface area contributed by atoms with Crippen molar-refractivity contribution in [3.63, 3.8) is 0 Å². The number of methoxy groups -OCH3 is 1. The summed E-state index contributed by atoms with van der Waals surface area (Å²) in [5.74, 6) is 0.308.